The number of carbonyl (C=O) groups is 3. The normalized spacial score (nSPS) is 12.4. The smallest absolute Gasteiger partial charge is 0.293 e. The van der Waals surface area contributed by atoms with Crippen LogP contribution in [0.4, 0.5) is 0 Å². The zero-order valence-electron chi connectivity index (χ0n) is 14.5. The molecule has 0 spiro atoms. The summed E-state index contributed by atoms with van der Waals surface area (Å²) < 4.78 is 0. The van der Waals surface area contributed by atoms with E-state index in [1.807, 2.05) is 19.1 Å². The lowest BCUT2D eigenvalue weighted by Gasteiger charge is -2.19. The van der Waals surface area contributed by atoms with Gasteiger partial charge < -0.3 is 10.6 Å². The summed E-state index contributed by atoms with van der Waals surface area (Å²) in [6.07, 6.45) is 0.811. The molecular weight excluding hydrogens is 292 g/mol. The molecule has 1 rings (SSSR count). The summed E-state index contributed by atoms with van der Waals surface area (Å²) in [5.74, 6) is -1.70. The summed E-state index contributed by atoms with van der Waals surface area (Å²) in [6.45, 7) is 10.3. The van der Waals surface area contributed by atoms with Crippen LogP contribution < -0.4 is 10.6 Å². The standard InChI is InChI=1S/C18H26N2O3/c1-6-11-19-16(22)12(2)20-17(23)15(21)13-7-9-14(10-8-13)18(3,4)5/h7-10,12H,6,11H2,1-5H3,(H,19,22)(H,20,23)/t12-/m0/s1. The molecule has 0 aliphatic carbocycles. The molecule has 0 saturated carbocycles. The van der Waals surface area contributed by atoms with Crippen LogP contribution in [0.25, 0.3) is 0 Å². The van der Waals surface area contributed by atoms with Gasteiger partial charge in [-0.3, -0.25) is 14.4 Å². The van der Waals surface area contributed by atoms with Gasteiger partial charge in [0.05, 0.1) is 0 Å². The Morgan fingerprint density at radius 3 is 2.13 bits per heavy atom. The van der Waals surface area contributed by atoms with Crippen molar-refractivity contribution in [1.82, 2.24) is 10.6 Å². The second-order valence-corrected chi connectivity index (χ2v) is 6.64. The Labute approximate surface area is 137 Å². The fourth-order valence-electron chi connectivity index (χ4n) is 1.98. The number of carbonyl (C=O) groups excluding carboxylic acids is 3. The van der Waals surface area contributed by atoms with Crippen LogP contribution in [-0.2, 0) is 15.0 Å². The maximum atomic E-state index is 12.1. The molecule has 0 bridgehead atoms. The van der Waals surface area contributed by atoms with Crippen LogP contribution in [0.2, 0.25) is 0 Å². The molecule has 0 radical (unpaired) electrons. The van der Waals surface area contributed by atoms with Gasteiger partial charge in [-0.05, 0) is 24.3 Å². The summed E-state index contributed by atoms with van der Waals surface area (Å²) >= 11 is 0. The second-order valence-electron chi connectivity index (χ2n) is 6.64. The van der Waals surface area contributed by atoms with E-state index in [4.69, 9.17) is 0 Å². The Kier molecular flexibility index (Phi) is 6.49. The van der Waals surface area contributed by atoms with E-state index in [0.29, 0.717) is 12.1 Å². The van der Waals surface area contributed by atoms with Gasteiger partial charge in [-0.1, -0.05) is 52.0 Å². The fraction of sp³-hybridized carbons (Fsp3) is 0.500. The highest BCUT2D eigenvalue weighted by Crippen LogP contribution is 2.22. The zero-order valence-corrected chi connectivity index (χ0v) is 14.5. The van der Waals surface area contributed by atoms with E-state index in [1.54, 1.807) is 19.1 Å². The molecule has 0 heterocycles. The van der Waals surface area contributed by atoms with Crippen molar-refractivity contribution in [2.24, 2.45) is 0 Å². The molecule has 1 aromatic carbocycles. The number of rotatable bonds is 6. The average molecular weight is 318 g/mol. The quantitative estimate of drug-likeness (QED) is 0.623. The minimum atomic E-state index is -0.771. The second kappa shape index (κ2) is 7.90. The summed E-state index contributed by atoms with van der Waals surface area (Å²) in [5, 5.41) is 5.11. The summed E-state index contributed by atoms with van der Waals surface area (Å²) in [6, 6.07) is 6.23. The van der Waals surface area contributed by atoms with E-state index in [1.165, 1.54) is 0 Å². The first-order chi connectivity index (χ1) is 10.7. The van der Waals surface area contributed by atoms with Crippen molar-refractivity contribution in [3.05, 3.63) is 35.4 Å². The molecule has 126 valence electrons. The third-order valence-corrected chi connectivity index (χ3v) is 3.51. The fourth-order valence-corrected chi connectivity index (χ4v) is 1.98. The minimum Gasteiger partial charge on any atom is -0.354 e. The number of hydrogen-bond donors (Lipinski definition) is 2. The van der Waals surface area contributed by atoms with Crippen molar-refractivity contribution in [3.63, 3.8) is 0 Å². The van der Waals surface area contributed by atoms with Crippen molar-refractivity contribution in [2.75, 3.05) is 6.54 Å². The molecule has 2 N–H and O–H groups in total. The number of hydrogen-bond acceptors (Lipinski definition) is 3. The molecule has 1 atom stereocenters. The summed E-state index contributed by atoms with van der Waals surface area (Å²) in [5.41, 5.74) is 1.38. The van der Waals surface area contributed by atoms with Crippen molar-refractivity contribution in [3.8, 4) is 0 Å². The Morgan fingerprint density at radius 1 is 1.09 bits per heavy atom. The van der Waals surface area contributed by atoms with Gasteiger partial charge in [0.25, 0.3) is 5.91 Å². The Bertz CT molecular complexity index is 571. The van der Waals surface area contributed by atoms with E-state index < -0.39 is 17.7 Å². The van der Waals surface area contributed by atoms with Crippen LogP contribution in [0.5, 0.6) is 0 Å². The lowest BCUT2D eigenvalue weighted by Crippen LogP contribution is -2.47. The SMILES string of the molecule is CCCNC(=O)[C@H](C)NC(=O)C(=O)c1ccc(C(C)(C)C)cc1. The third-order valence-electron chi connectivity index (χ3n) is 3.51. The van der Waals surface area contributed by atoms with Crippen LogP contribution in [0, 0.1) is 0 Å². The van der Waals surface area contributed by atoms with Crippen molar-refractivity contribution in [2.45, 2.75) is 52.5 Å². The van der Waals surface area contributed by atoms with Crippen molar-refractivity contribution < 1.29 is 14.4 Å². The molecule has 0 aromatic heterocycles. The first kappa shape index (κ1) is 18.9. The van der Waals surface area contributed by atoms with Gasteiger partial charge in [-0.15, -0.1) is 0 Å². The van der Waals surface area contributed by atoms with Crippen LogP contribution in [0.1, 0.15) is 57.0 Å². The maximum Gasteiger partial charge on any atom is 0.293 e. The lowest BCUT2D eigenvalue weighted by atomic mass is 9.86. The van der Waals surface area contributed by atoms with Crippen LogP contribution >= 0.6 is 0 Å². The van der Waals surface area contributed by atoms with Gasteiger partial charge in [0, 0.05) is 12.1 Å². The number of Topliss-reactive ketones (excluding diaryl/α,β-unsaturated/α-hetero) is 1. The Morgan fingerprint density at radius 2 is 1.65 bits per heavy atom. The molecule has 0 unspecified atom stereocenters. The topological polar surface area (TPSA) is 75.3 Å². The van der Waals surface area contributed by atoms with Crippen LogP contribution in [0.3, 0.4) is 0 Å². The molecule has 0 fully saturated rings. The third kappa shape index (κ3) is 5.51. The van der Waals surface area contributed by atoms with Gasteiger partial charge in [0.2, 0.25) is 11.7 Å². The largest absolute Gasteiger partial charge is 0.354 e. The zero-order chi connectivity index (χ0) is 17.6. The van der Waals surface area contributed by atoms with Gasteiger partial charge in [0.1, 0.15) is 6.04 Å². The van der Waals surface area contributed by atoms with E-state index in [9.17, 15) is 14.4 Å². The van der Waals surface area contributed by atoms with Crippen molar-refractivity contribution >= 4 is 17.6 Å². The summed E-state index contributed by atoms with van der Waals surface area (Å²) in [7, 11) is 0. The molecular formula is C18H26N2O3. The Balaban J connectivity index is 2.70. The molecule has 5 heteroatoms. The molecule has 0 aliphatic heterocycles. The first-order valence-electron chi connectivity index (χ1n) is 7.90. The van der Waals surface area contributed by atoms with Gasteiger partial charge in [-0.25, -0.2) is 0 Å². The van der Waals surface area contributed by atoms with Crippen LogP contribution in [0.15, 0.2) is 24.3 Å². The highest BCUT2D eigenvalue weighted by atomic mass is 16.2. The van der Waals surface area contributed by atoms with Gasteiger partial charge in [-0.2, -0.15) is 0 Å². The molecule has 2 amide bonds. The Hall–Kier alpha value is -2.17. The molecule has 5 nitrogen and oxygen atoms in total. The van der Waals surface area contributed by atoms with Crippen LogP contribution in [-0.4, -0.2) is 30.2 Å². The highest BCUT2D eigenvalue weighted by Gasteiger charge is 2.22. The molecule has 23 heavy (non-hydrogen) atoms. The molecule has 1 aromatic rings. The molecule has 0 saturated heterocycles. The predicted octanol–water partition coefficient (Wildman–Crippen LogP) is 2.20. The highest BCUT2D eigenvalue weighted by molar-refractivity contribution is 6.43. The number of ketones is 1. The minimum absolute atomic E-state index is 0.0181. The van der Waals surface area contributed by atoms with E-state index in [2.05, 4.69) is 31.4 Å². The van der Waals surface area contributed by atoms with Crippen molar-refractivity contribution in [1.29, 1.82) is 0 Å². The predicted molar refractivity (Wildman–Crippen MR) is 90.4 cm³/mol. The average Bonchev–Trinajstić information content (AvgIpc) is 2.50. The van der Waals surface area contributed by atoms with E-state index in [0.717, 1.165) is 12.0 Å². The monoisotopic (exact) mass is 318 g/mol. The van der Waals surface area contributed by atoms with Gasteiger partial charge in [0.15, 0.2) is 0 Å². The number of amides is 2. The number of nitrogens with one attached hydrogen (secondary N) is 2. The van der Waals surface area contributed by atoms with Gasteiger partial charge >= 0.3 is 0 Å². The summed E-state index contributed by atoms with van der Waals surface area (Å²) in [4.78, 5) is 35.8. The number of benzene rings is 1. The first-order valence-corrected chi connectivity index (χ1v) is 7.90. The molecule has 0 aliphatic rings. The lowest BCUT2D eigenvalue weighted by molar-refractivity contribution is -0.126. The maximum absolute atomic E-state index is 12.1. The van der Waals surface area contributed by atoms with E-state index >= 15 is 0 Å². The van der Waals surface area contributed by atoms with E-state index in [-0.39, 0.29) is 11.3 Å².